The smallest absolute Gasteiger partial charge is 0.264 e. The van der Waals surface area contributed by atoms with E-state index in [2.05, 4.69) is 21.6 Å². The summed E-state index contributed by atoms with van der Waals surface area (Å²) in [6.07, 6.45) is -0.144. The van der Waals surface area contributed by atoms with Crippen molar-refractivity contribution >= 4 is 24.1 Å². The number of aliphatic imine (C=N–C) groups is 1. The molecule has 3 rings (SSSR count). The van der Waals surface area contributed by atoms with E-state index in [9.17, 15) is 8.78 Å². The Balaban J connectivity index is 2.07. The van der Waals surface area contributed by atoms with E-state index in [1.54, 1.807) is 6.07 Å². The Labute approximate surface area is 168 Å². The van der Waals surface area contributed by atoms with Gasteiger partial charge in [-0.1, -0.05) is 6.08 Å². The molecule has 2 saturated heterocycles. The third-order valence-electron chi connectivity index (χ3n) is 4.71. The van der Waals surface area contributed by atoms with E-state index < -0.39 is 6.43 Å². The lowest BCUT2D eigenvalue weighted by Gasteiger charge is -2.31. The van der Waals surface area contributed by atoms with Gasteiger partial charge in [-0.25, -0.2) is 13.8 Å². The van der Waals surface area contributed by atoms with Crippen LogP contribution in [0.3, 0.4) is 0 Å². The van der Waals surface area contributed by atoms with E-state index in [0.717, 1.165) is 0 Å². The van der Waals surface area contributed by atoms with Crippen molar-refractivity contribution in [3.63, 3.8) is 0 Å². The lowest BCUT2D eigenvalue weighted by Crippen LogP contribution is -2.39. The molecular weight excluding hydrogens is 382 g/mol. The fraction of sp³-hybridized carbons (Fsp3) is 0.526. The summed E-state index contributed by atoms with van der Waals surface area (Å²) >= 11 is 0. The molecule has 1 aromatic heterocycles. The first-order chi connectivity index (χ1) is 14.1. The van der Waals surface area contributed by atoms with Crippen LogP contribution < -0.4 is 15.5 Å². The average Bonchev–Trinajstić information content (AvgIpc) is 2.77. The molecule has 2 fully saturated rings. The maximum atomic E-state index is 13.7. The van der Waals surface area contributed by atoms with E-state index in [1.165, 1.54) is 12.3 Å². The normalized spacial score (nSPS) is 19.0. The number of morpholine rings is 2. The highest BCUT2D eigenvalue weighted by atomic mass is 19.3. The fourth-order valence-electron chi connectivity index (χ4n) is 3.24. The molecule has 0 atom stereocenters. The number of hydrogen-bond acceptors (Lipinski definition) is 8. The highest BCUT2D eigenvalue weighted by Gasteiger charge is 2.24. The number of nitrogens with zero attached hydrogens (tertiary/aromatic N) is 5. The molecule has 29 heavy (non-hydrogen) atoms. The van der Waals surface area contributed by atoms with Crippen LogP contribution >= 0.6 is 0 Å². The number of ether oxygens (including phenoxy) is 2. The van der Waals surface area contributed by atoms with Gasteiger partial charge in [0.15, 0.2) is 0 Å². The van der Waals surface area contributed by atoms with Crippen LogP contribution in [-0.2, 0) is 9.47 Å². The lowest BCUT2D eigenvalue weighted by atomic mass is 10.0. The Bertz CT molecular complexity index is 723. The van der Waals surface area contributed by atoms with E-state index in [1.807, 2.05) is 4.90 Å². The molecule has 0 radical (unpaired) electrons. The Morgan fingerprint density at radius 3 is 2.31 bits per heavy atom. The Morgan fingerprint density at radius 1 is 1.14 bits per heavy atom. The van der Waals surface area contributed by atoms with Crippen LogP contribution in [-0.4, -0.2) is 82.3 Å². The molecule has 158 valence electrons. The molecule has 2 N–H and O–H groups in total. The Morgan fingerprint density at radius 2 is 1.76 bits per heavy atom. The SMILES string of the molecule is C=N/C=C(\C(=C/CN)C(F)F)c1cc(N2CCOCC2)nc(N2CCOCC2)n1. The summed E-state index contributed by atoms with van der Waals surface area (Å²) in [4.78, 5) is 17.1. The molecule has 8 nitrogen and oxygen atoms in total. The summed E-state index contributed by atoms with van der Waals surface area (Å²) in [6.45, 7) is 8.28. The highest BCUT2D eigenvalue weighted by Crippen LogP contribution is 2.30. The first-order valence-electron chi connectivity index (χ1n) is 9.53. The van der Waals surface area contributed by atoms with Crippen molar-refractivity contribution < 1.29 is 18.3 Å². The predicted octanol–water partition coefficient (Wildman–Crippen LogP) is 1.34. The minimum atomic E-state index is -2.72. The zero-order valence-corrected chi connectivity index (χ0v) is 16.3. The molecule has 10 heteroatoms. The van der Waals surface area contributed by atoms with Gasteiger partial charge in [-0.2, -0.15) is 4.98 Å². The second kappa shape index (κ2) is 10.4. The predicted molar refractivity (Wildman–Crippen MR) is 109 cm³/mol. The average molecular weight is 408 g/mol. The topological polar surface area (TPSA) is 89.1 Å². The second-order valence-electron chi connectivity index (χ2n) is 6.53. The highest BCUT2D eigenvalue weighted by molar-refractivity contribution is 5.79. The van der Waals surface area contributed by atoms with Gasteiger partial charge in [-0.15, -0.1) is 0 Å². The van der Waals surface area contributed by atoms with Crippen LogP contribution in [0.15, 0.2) is 28.9 Å². The number of nitrogens with two attached hydrogens (primary N) is 1. The maximum Gasteiger partial charge on any atom is 0.264 e. The minimum Gasteiger partial charge on any atom is -0.378 e. The van der Waals surface area contributed by atoms with Crippen LogP contribution in [0.25, 0.3) is 5.57 Å². The van der Waals surface area contributed by atoms with Crippen LogP contribution in [0.1, 0.15) is 5.69 Å². The van der Waals surface area contributed by atoms with E-state index in [4.69, 9.17) is 20.2 Å². The van der Waals surface area contributed by atoms with Crippen LogP contribution in [0, 0.1) is 0 Å². The first kappa shape index (κ1) is 21.3. The van der Waals surface area contributed by atoms with Crippen LogP contribution in [0.2, 0.25) is 0 Å². The molecule has 0 aliphatic carbocycles. The van der Waals surface area contributed by atoms with Crippen molar-refractivity contribution in [2.45, 2.75) is 6.43 Å². The third-order valence-corrected chi connectivity index (χ3v) is 4.71. The quantitative estimate of drug-likeness (QED) is 0.538. The monoisotopic (exact) mass is 408 g/mol. The molecule has 0 spiro atoms. The molecule has 2 aliphatic rings. The maximum absolute atomic E-state index is 13.7. The zero-order chi connectivity index (χ0) is 20.6. The molecule has 0 saturated carbocycles. The summed E-state index contributed by atoms with van der Waals surface area (Å²) in [5, 5.41) is 0. The summed E-state index contributed by atoms with van der Waals surface area (Å²) in [5.41, 5.74) is 5.83. The molecule has 0 unspecified atom stereocenters. The number of allylic oxidation sites excluding steroid dienone is 2. The van der Waals surface area contributed by atoms with Crippen LogP contribution in [0.5, 0.6) is 0 Å². The van der Waals surface area contributed by atoms with E-state index >= 15 is 0 Å². The van der Waals surface area contributed by atoms with Gasteiger partial charge in [0.25, 0.3) is 6.43 Å². The summed E-state index contributed by atoms with van der Waals surface area (Å²) < 4.78 is 38.3. The van der Waals surface area contributed by atoms with Gasteiger partial charge in [0.1, 0.15) is 5.82 Å². The van der Waals surface area contributed by atoms with Crippen molar-refractivity contribution in [1.82, 2.24) is 9.97 Å². The fourth-order valence-corrected chi connectivity index (χ4v) is 3.24. The van der Waals surface area contributed by atoms with Crippen molar-refractivity contribution in [2.75, 3.05) is 69.0 Å². The van der Waals surface area contributed by atoms with Gasteiger partial charge >= 0.3 is 0 Å². The van der Waals surface area contributed by atoms with Gasteiger partial charge in [0.05, 0.1) is 32.1 Å². The van der Waals surface area contributed by atoms with Gasteiger partial charge in [0, 0.05) is 56.1 Å². The van der Waals surface area contributed by atoms with Crippen molar-refractivity contribution in [3.8, 4) is 0 Å². The molecule has 1 aromatic rings. The molecule has 2 aliphatic heterocycles. The van der Waals surface area contributed by atoms with Gasteiger partial charge in [0.2, 0.25) is 5.95 Å². The number of hydrogen-bond donors (Lipinski definition) is 1. The van der Waals surface area contributed by atoms with Crippen molar-refractivity contribution in [3.05, 3.63) is 29.6 Å². The number of aromatic nitrogens is 2. The minimum absolute atomic E-state index is 0.0219. The number of anilines is 2. The standard InChI is InChI=1S/C19H26F2N6O2/c1-23-13-15(14(2-3-22)18(20)21)16-12-17(26-4-8-28-9-5-26)25-19(24-16)27-6-10-29-11-7-27/h2,12-13,18H,1,3-11,22H2/b14-2+,15-13+. The van der Waals surface area contributed by atoms with Crippen LogP contribution in [0.4, 0.5) is 20.5 Å². The first-order valence-corrected chi connectivity index (χ1v) is 9.53. The molecular formula is C19H26F2N6O2. The number of alkyl halides is 2. The number of rotatable bonds is 7. The third kappa shape index (κ3) is 5.34. The van der Waals surface area contributed by atoms with E-state index in [-0.39, 0.29) is 17.7 Å². The summed E-state index contributed by atoms with van der Waals surface area (Å²) in [6, 6.07) is 1.71. The summed E-state index contributed by atoms with van der Waals surface area (Å²) in [7, 11) is 0. The van der Waals surface area contributed by atoms with E-state index in [0.29, 0.717) is 70.1 Å². The van der Waals surface area contributed by atoms with Gasteiger partial charge < -0.3 is 25.0 Å². The molecule has 3 heterocycles. The lowest BCUT2D eigenvalue weighted by molar-refractivity contribution is 0.121. The van der Waals surface area contributed by atoms with Crippen molar-refractivity contribution in [1.29, 1.82) is 0 Å². The zero-order valence-electron chi connectivity index (χ0n) is 16.3. The Hall–Kier alpha value is -2.43. The number of halogens is 2. The molecule has 0 bridgehead atoms. The molecule has 0 amide bonds. The van der Waals surface area contributed by atoms with Gasteiger partial charge in [-0.3, -0.25) is 4.99 Å². The second-order valence-corrected chi connectivity index (χ2v) is 6.53. The molecule has 0 aromatic carbocycles. The summed E-state index contributed by atoms with van der Waals surface area (Å²) in [5.74, 6) is 1.14. The van der Waals surface area contributed by atoms with Crippen molar-refractivity contribution in [2.24, 2.45) is 10.7 Å². The largest absolute Gasteiger partial charge is 0.378 e. The Kier molecular flexibility index (Phi) is 7.62. The van der Waals surface area contributed by atoms with Gasteiger partial charge in [-0.05, 0) is 6.72 Å².